The summed E-state index contributed by atoms with van der Waals surface area (Å²) in [6, 6.07) is 11.8. The number of halogens is 3. The van der Waals surface area contributed by atoms with E-state index in [0.29, 0.717) is 34.2 Å². The molecule has 25 heavy (non-hydrogen) atoms. The van der Waals surface area contributed by atoms with Crippen molar-refractivity contribution in [3.63, 3.8) is 0 Å². The third kappa shape index (κ3) is 6.27. The summed E-state index contributed by atoms with van der Waals surface area (Å²) in [7, 11) is 1.64. The average Bonchev–Trinajstić information content (AvgIpc) is 2.59. The van der Waals surface area contributed by atoms with Gasteiger partial charge in [0.05, 0.1) is 7.11 Å². The summed E-state index contributed by atoms with van der Waals surface area (Å²) < 4.78 is 11.3. The van der Waals surface area contributed by atoms with E-state index in [-0.39, 0.29) is 12.4 Å². The summed E-state index contributed by atoms with van der Waals surface area (Å²) in [5.41, 5.74) is 1.92. The van der Waals surface area contributed by atoms with E-state index in [1.165, 1.54) is 0 Å². The van der Waals surface area contributed by atoms with Crippen molar-refractivity contribution in [2.75, 3.05) is 7.11 Å². The molecule has 0 radical (unpaired) electrons. The Morgan fingerprint density at radius 2 is 1.76 bits per heavy atom. The second kappa shape index (κ2) is 10.8. The SMILES string of the molecule is CCC(C)NCc1ccc(OCc2c(Cl)cccc2Cl)c(OC)c1.Cl. The molecule has 0 aliphatic rings. The van der Waals surface area contributed by atoms with Crippen LogP contribution in [0.15, 0.2) is 36.4 Å². The first kappa shape index (κ1) is 21.9. The summed E-state index contributed by atoms with van der Waals surface area (Å²) in [6.07, 6.45) is 1.09. The maximum Gasteiger partial charge on any atom is 0.161 e. The zero-order valence-electron chi connectivity index (χ0n) is 14.6. The molecule has 2 aromatic rings. The van der Waals surface area contributed by atoms with Gasteiger partial charge in [-0.25, -0.2) is 0 Å². The van der Waals surface area contributed by atoms with Gasteiger partial charge in [-0.1, -0.05) is 42.3 Å². The number of methoxy groups -OCH3 is 1. The fourth-order valence-electron chi connectivity index (χ4n) is 2.20. The second-order valence-electron chi connectivity index (χ2n) is 5.66. The summed E-state index contributed by atoms with van der Waals surface area (Å²) >= 11 is 12.4. The molecule has 1 N–H and O–H groups in total. The molecule has 0 bridgehead atoms. The first-order valence-corrected chi connectivity index (χ1v) is 8.76. The molecule has 0 amide bonds. The molecule has 3 nitrogen and oxygen atoms in total. The minimum absolute atomic E-state index is 0. The Morgan fingerprint density at radius 3 is 2.36 bits per heavy atom. The molecular formula is C19H24Cl3NO2. The molecule has 1 atom stereocenters. The summed E-state index contributed by atoms with van der Waals surface area (Å²) in [6.45, 7) is 5.42. The Balaban J connectivity index is 0.00000312. The quantitative estimate of drug-likeness (QED) is 0.595. The molecule has 6 heteroatoms. The van der Waals surface area contributed by atoms with Crippen LogP contribution in [-0.2, 0) is 13.2 Å². The lowest BCUT2D eigenvalue weighted by Crippen LogP contribution is -2.24. The zero-order chi connectivity index (χ0) is 17.5. The van der Waals surface area contributed by atoms with Crippen molar-refractivity contribution in [3.8, 4) is 11.5 Å². The van der Waals surface area contributed by atoms with Gasteiger partial charge in [-0.15, -0.1) is 12.4 Å². The van der Waals surface area contributed by atoms with Gasteiger partial charge in [-0.3, -0.25) is 0 Å². The van der Waals surface area contributed by atoms with E-state index in [1.54, 1.807) is 19.2 Å². The molecule has 1 unspecified atom stereocenters. The Kier molecular flexibility index (Phi) is 9.44. The Morgan fingerprint density at radius 1 is 1.08 bits per heavy atom. The lowest BCUT2D eigenvalue weighted by atomic mass is 10.1. The van der Waals surface area contributed by atoms with Gasteiger partial charge >= 0.3 is 0 Å². The van der Waals surface area contributed by atoms with Crippen molar-refractivity contribution in [1.29, 1.82) is 0 Å². The third-order valence-electron chi connectivity index (χ3n) is 3.93. The van der Waals surface area contributed by atoms with Crippen LogP contribution in [0.5, 0.6) is 11.5 Å². The Labute approximate surface area is 166 Å². The van der Waals surface area contributed by atoms with Crippen LogP contribution in [0.4, 0.5) is 0 Å². The lowest BCUT2D eigenvalue weighted by Gasteiger charge is -2.15. The number of benzene rings is 2. The van der Waals surface area contributed by atoms with Crippen molar-refractivity contribution >= 4 is 35.6 Å². The average molecular weight is 405 g/mol. The van der Waals surface area contributed by atoms with Gasteiger partial charge in [-0.05, 0) is 43.2 Å². The predicted octanol–water partition coefficient (Wildman–Crippen LogP) is 5.89. The molecule has 0 aromatic heterocycles. The van der Waals surface area contributed by atoms with Crippen LogP contribution in [0.25, 0.3) is 0 Å². The van der Waals surface area contributed by atoms with E-state index in [0.717, 1.165) is 24.1 Å². The molecule has 138 valence electrons. The van der Waals surface area contributed by atoms with Crippen molar-refractivity contribution in [3.05, 3.63) is 57.6 Å². The van der Waals surface area contributed by atoms with Gasteiger partial charge in [0.2, 0.25) is 0 Å². The van der Waals surface area contributed by atoms with Crippen LogP contribution in [0.2, 0.25) is 10.0 Å². The lowest BCUT2D eigenvalue weighted by molar-refractivity contribution is 0.284. The minimum Gasteiger partial charge on any atom is -0.493 e. The number of rotatable bonds is 8. The Hall–Kier alpha value is -1.13. The monoisotopic (exact) mass is 403 g/mol. The zero-order valence-corrected chi connectivity index (χ0v) is 17.0. The standard InChI is InChI=1S/C19H23Cl2NO2.ClH/c1-4-13(2)22-11-14-8-9-18(19(10-14)23-3)24-12-15-16(20)6-5-7-17(15)21;/h5-10,13,22H,4,11-12H2,1-3H3;1H. The second-order valence-corrected chi connectivity index (χ2v) is 6.48. The summed E-state index contributed by atoms with van der Waals surface area (Å²) in [5.74, 6) is 1.36. The molecule has 2 rings (SSSR count). The topological polar surface area (TPSA) is 30.5 Å². The van der Waals surface area contributed by atoms with Crippen molar-refractivity contribution < 1.29 is 9.47 Å². The highest BCUT2D eigenvalue weighted by Crippen LogP contribution is 2.31. The number of nitrogens with one attached hydrogen (secondary N) is 1. The number of hydrogen-bond acceptors (Lipinski definition) is 3. The Bertz CT molecular complexity index is 659. The highest BCUT2D eigenvalue weighted by molar-refractivity contribution is 6.35. The van der Waals surface area contributed by atoms with Gasteiger partial charge in [-0.2, -0.15) is 0 Å². The molecule has 2 aromatic carbocycles. The van der Waals surface area contributed by atoms with E-state index in [4.69, 9.17) is 32.7 Å². The highest BCUT2D eigenvalue weighted by Gasteiger charge is 2.10. The van der Waals surface area contributed by atoms with Crippen LogP contribution in [0.3, 0.4) is 0 Å². The van der Waals surface area contributed by atoms with Crippen LogP contribution >= 0.6 is 35.6 Å². The molecule has 0 aliphatic heterocycles. The van der Waals surface area contributed by atoms with Crippen molar-refractivity contribution in [1.82, 2.24) is 5.32 Å². The smallest absolute Gasteiger partial charge is 0.161 e. The third-order valence-corrected chi connectivity index (χ3v) is 4.64. The van der Waals surface area contributed by atoms with Gasteiger partial charge in [0.15, 0.2) is 11.5 Å². The first-order chi connectivity index (χ1) is 11.5. The first-order valence-electron chi connectivity index (χ1n) is 8.01. The summed E-state index contributed by atoms with van der Waals surface area (Å²) in [4.78, 5) is 0. The number of ether oxygens (including phenoxy) is 2. The van der Waals surface area contributed by atoms with Crippen molar-refractivity contribution in [2.24, 2.45) is 0 Å². The van der Waals surface area contributed by atoms with E-state index in [1.807, 2.05) is 24.3 Å². The van der Waals surface area contributed by atoms with Crippen molar-refractivity contribution in [2.45, 2.75) is 39.5 Å². The molecule has 0 saturated heterocycles. The molecule has 0 aliphatic carbocycles. The van der Waals surface area contributed by atoms with E-state index >= 15 is 0 Å². The summed E-state index contributed by atoms with van der Waals surface area (Å²) in [5, 5.41) is 4.65. The fraction of sp³-hybridized carbons (Fsp3) is 0.368. The molecule has 0 heterocycles. The molecular weight excluding hydrogens is 381 g/mol. The fourth-order valence-corrected chi connectivity index (χ4v) is 2.70. The van der Waals surface area contributed by atoms with Crippen LogP contribution < -0.4 is 14.8 Å². The molecule has 0 spiro atoms. The van der Waals surface area contributed by atoms with Gasteiger partial charge in [0.1, 0.15) is 6.61 Å². The maximum atomic E-state index is 6.18. The van der Waals surface area contributed by atoms with Crippen LogP contribution in [0, 0.1) is 0 Å². The highest BCUT2D eigenvalue weighted by atomic mass is 35.5. The maximum absolute atomic E-state index is 6.18. The van der Waals surface area contributed by atoms with Crippen LogP contribution in [-0.4, -0.2) is 13.2 Å². The number of hydrogen-bond donors (Lipinski definition) is 1. The largest absolute Gasteiger partial charge is 0.493 e. The van der Waals surface area contributed by atoms with Crippen LogP contribution in [0.1, 0.15) is 31.4 Å². The normalized spacial score (nSPS) is 11.6. The molecule has 0 fully saturated rings. The minimum atomic E-state index is 0. The predicted molar refractivity (Wildman–Crippen MR) is 108 cm³/mol. The van der Waals surface area contributed by atoms with E-state index in [9.17, 15) is 0 Å². The van der Waals surface area contributed by atoms with Gasteiger partial charge in [0.25, 0.3) is 0 Å². The van der Waals surface area contributed by atoms with Gasteiger partial charge < -0.3 is 14.8 Å². The van der Waals surface area contributed by atoms with E-state index < -0.39 is 0 Å². The van der Waals surface area contributed by atoms with Gasteiger partial charge in [0, 0.05) is 28.2 Å². The molecule has 0 saturated carbocycles. The van der Waals surface area contributed by atoms with E-state index in [2.05, 4.69) is 19.2 Å².